The highest BCUT2D eigenvalue weighted by Crippen LogP contribution is 2.32. The number of unbranched alkanes of at least 4 members (excludes halogenated alkanes) is 11. The molecule has 1 aromatic carbocycles. The Morgan fingerprint density at radius 2 is 1.53 bits per heavy atom. The van der Waals surface area contributed by atoms with Gasteiger partial charge >= 0.3 is 12.0 Å². The first-order valence-electron chi connectivity index (χ1n) is 14.7. The Morgan fingerprint density at radius 1 is 0.921 bits per heavy atom. The van der Waals surface area contributed by atoms with Crippen LogP contribution in [0, 0.1) is 0 Å². The number of allylic oxidation sites excluding steroid dienone is 1. The van der Waals surface area contributed by atoms with Crippen LogP contribution in [-0.2, 0) is 14.3 Å². The van der Waals surface area contributed by atoms with Gasteiger partial charge in [-0.2, -0.15) is 0 Å². The van der Waals surface area contributed by atoms with Crippen molar-refractivity contribution in [2.45, 2.75) is 117 Å². The zero-order valence-corrected chi connectivity index (χ0v) is 24.1. The van der Waals surface area contributed by atoms with Crippen molar-refractivity contribution in [2.24, 2.45) is 0 Å². The van der Waals surface area contributed by atoms with E-state index in [1.54, 1.807) is 11.8 Å². The fourth-order valence-corrected chi connectivity index (χ4v) is 4.96. The van der Waals surface area contributed by atoms with E-state index in [4.69, 9.17) is 4.74 Å². The molecule has 1 aliphatic rings. The molecule has 0 spiro atoms. The highest BCUT2D eigenvalue weighted by molar-refractivity contribution is 5.95. The SMILES string of the molecule is CCCCCCCCCCCCCC(=O)Nc1cccc([C@H]2NC(=O)N(CCCC)C(C)=C2C(=O)OC)c1. The molecule has 212 valence electrons. The highest BCUT2D eigenvalue weighted by atomic mass is 16.5. The van der Waals surface area contributed by atoms with Crippen molar-refractivity contribution in [2.75, 3.05) is 19.0 Å². The Kier molecular flexibility index (Phi) is 14.6. The number of rotatable bonds is 18. The minimum absolute atomic E-state index is 0.0172. The molecule has 0 aromatic heterocycles. The summed E-state index contributed by atoms with van der Waals surface area (Å²) in [6, 6.07) is 6.45. The number of nitrogens with zero attached hydrogens (tertiary/aromatic N) is 1. The predicted molar refractivity (Wildman–Crippen MR) is 154 cm³/mol. The van der Waals surface area contributed by atoms with Crippen LogP contribution in [0.2, 0.25) is 0 Å². The van der Waals surface area contributed by atoms with Crippen LogP contribution in [0.1, 0.15) is 122 Å². The average Bonchev–Trinajstić information content (AvgIpc) is 2.91. The van der Waals surface area contributed by atoms with Crippen molar-refractivity contribution in [1.29, 1.82) is 0 Å². The molecule has 0 unspecified atom stereocenters. The third-order valence-corrected chi connectivity index (χ3v) is 7.25. The van der Waals surface area contributed by atoms with Gasteiger partial charge in [0.1, 0.15) is 0 Å². The van der Waals surface area contributed by atoms with E-state index in [2.05, 4.69) is 24.5 Å². The summed E-state index contributed by atoms with van der Waals surface area (Å²) in [6.07, 6.45) is 16.0. The maximum atomic E-state index is 12.9. The number of ether oxygens (including phenoxy) is 1. The van der Waals surface area contributed by atoms with Gasteiger partial charge in [0.2, 0.25) is 5.91 Å². The van der Waals surface area contributed by atoms with Crippen LogP contribution in [0.15, 0.2) is 35.5 Å². The predicted octanol–water partition coefficient (Wildman–Crippen LogP) is 7.64. The fourth-order valence-electron chi connectivity index (χ4n) is 4.96. The number of urea groups is 1. The van der Waals surface area contributed by atoms with E-state index in [0.717, 1.165) is 31.2 Å². The summed E-state index contributed by atoms with van der Waals surface area (Å²) in [6.45, 7) is 6.63. The van der Waals surface area contributed by atoms with E-state index in [0.29, 0.717) is 29.9 Å². The molecule has 0 bridgehead atoms. The molecular weight excluding hydrogens is 478 g/mol. The van der Waals surface area contributed by atoms with Gasteiger partial charge in [0.25, 0.3) is 0 Å². The van der Waals surface area contributed by atoms with Gasteiger partial charge < -0.3 is 15.4 Å². The number of carbonyl (C=O) groups excluding carboxylic acids is 3. The normalized spacial score (nSPS) is 15.4. The van der Waals surface area contributed by atoms with Crippen LogP contribution in [0.4, 0.5) is 10.5 Å². The number of amides is 3. The van der Waals surface area contributed by atoms with Crippen molar-refractivity contribution >= 4 is 23.6 Å². The van der Waals surface area contributed by atoms with E-state index < -0.39 is 12.0 Å². The third-order valence-electron chi connectivity index (χ3n) is 7.25. The lowest BCUT2D eigenvalue weighted by molar-refractivity contribution is -0.136. The molecule has 3 amide bonds. The zero-order chi connectivity index (χ0) is 27.8. The number of benzene rings is 1. The fraction of sp³-hybridized carbons (Fsp3) is 0.645. The van der Waals surface area contributed by atoms with E-state index in [1.165, 1.54) is 64.9 Å². The van der Waals surface area contributed by atoms with Gasteiger partial charge in [-0.05, 0) is 37.5 Å². The van der Waals surface area contributed by atoms with Crippen molar-refractivity contribution < 1.29 is 19.1 Å². The number of hydrogen-bond donors (Lipinski definition) is 2. The molecule has 0 saturated heterocycles. The number of carbonyl (C=O) groups is 3. The average molecular weight is 528 g/mol. The minimum Gasteiger partial charge on any atom is -0.466 e. The summed E-state index contributed by atoms with van der Waals surface area (Å²) in [7, 11) is 1.35. The number of methoxy groups -OCH3 is 1. The molecule has 2 rings (SSSR count). The van der Waals surface area contributed by atoms with Gasteiger partial charge in [-0.3, -0.25) is 9.69 Å². The van der Waals surface area contributed by atoms with E-state index in [9.17, 15) is 14.4 Å². The van der Waals surface area contributed by atoms with E-state index in [-0.39, 0.29) is 11.9 Å². The van der Waals surface area contributed by atoms with Gasteiger partial charge in [-0.15, -0.1) is 0 Å². The number of anilines is 1. The Morgan fingerprint density at radius 3 is 2.13 bits per heavy atom. The van der Waals surface area contributed by atoms with Gasteiger partial charge in [0, 0.05) is 24.4 Å². The second-order valence-electron chi connectivity index (χ2n) is 10.3. The molecule has 1 aliphatic heterocycles. The maximum Gasteiger partial charge on any atom is 0.337 e. The molecule has 7 nitrogen and oxygen atoms in total. The van der Waals surface area contributed by atoms with Gasteiger partial charge in [0.15, 0.2) is 0 Å². The molecule has 0 saturated carbocycles. The molecule has 1 heterocycles. The second-order valence-corrected chi connectivity index (χ2v) is 10.3. The van der Waals surface area contributed by atoms with Gasteiger partial charge in [-0.1, -0.05) is 96.6 Å². The van der Waals surface area contributed by atoms with Gasteiger partial charge in [-0.25, -0.2) is 9.59 Å². The summed E-state index contributed by atoms with van der Waals surface area (Å²) >= 11 is 0. The number of nitrogens with one attached hydrogen (secondary N) is 2. The van der Waals surface area contributed by atoms with Crippen LogP contribution in [0.3, 0.4) is 0 Å². The smallest absolute Gasteiger partial charge is 0.337 e. The van der Waals surface area contributed by atoms with E-state index in [1.807, 2.05) is 24.3 Å². The lowest BCUT2D eigenvalue weighted by Crippen LogP contribution is -2.48. The maximum absolute atomic E-state index is 12.9. The molecule has 7 heteroatoms. The van der Waals surface area contributed by atoms with Crippen LogP contribution in [-0.4, -0.2) is 36.5 Å². The first kappa shape index (κ1) is 31.4. The Balaban J connectivity index is 1.88. The van der Waals surface area contributed by atoms with Crippen molar-refractivity contribution in [3.8, 4) is 0 Å². The first-order chi connectivity index (χ1) is 18.4. The Labute approximate surface area is 229 Å². The summed E-state index contributed by atoms with van der Waals surface area (Å²) in [4.78, 5) is 39.7. The van der Waals surface area contributed by atoms with Crippen molar-refractivity contribution in [3.05, 3.63) is 41.1 Å². The monoisotopic (exact) mass is 527 g/mol. The summed E-state index contributed by atoms with van der Waals surface area (Å²) in [5.74, 6) is -0.490. The van der Waals surface area contributed by atoms with Crippen molar-refractivity contribution in [1.82, 2.24) is 10.2 Å². The molecule has 0 aliphatic carbocycles. The van der Waals surface area contributed by atoms with E-state index >= 15 is 0 Å². The highest BCUT2D eigenvalue weighted by Gasteiger charge is 2.36. The van der Waals surface area contributed by atoms with Crippen molar-refractivity contribution in [3.63, 3.8) is 0 Å². The minimum atomic E-state index is -0.642. The molecule has 1 aromatic rings. The molecular formula is C31H49N3O4. The van der Waals surface area contributed by atoms with Crippen LogP contribution < -0.4 is 10.6 Å². The molecule has 0 radical (unpaired) electrons. The first-order valence-corrected chi connectivity index (χ1v) is 14.7. The lowest BCUT2D eigenvalue weighted by Gasteiger charge is -2.35. The number of hydrogen-bond acceptors (Lipinski definition) is 4. The molecule has 1 atom stereocenters. The standard InChI is InChI=1S/C31H49N3O4/c1-5-7-9-10-11-12-13-14-15-16-17-21-27(35)32-26-20-18-19-25(23-26)29-28(30(36)38-4)24(3)34(22-8-6-2)31(37)33-29/h18-20,23,29H,5-17,21-22H2,1-4H3,(H,32,35)(H,33,37)/t29-/m1/s1. The quantitative estimate of drug-likeness (QED) is 0.152. The summed E-state index contributed by atoms with van der Waals surface area (Å²) in [5, 5.41) is 5.94. The van der Waals surface area contributed by atoms with Crippen LogP contribution >= 0.6 is 0 Å². The van der Waals surface area contributed by atoms with Crippen LogP contribution in [0.5, 0.6) is 0 Å². The largest absolute Gasteiger partial charge is 0.466 e. The topological polar surface area (TPSA) is 87.7 Å². The molecule has 38 heavy (non-hydrogen) atoms. The third kappa shape index (κ3) is 10.1. The summed E-state index contributed by atoms with van der Waals surface area (Å²) in [5.41, 5.74) is 2.39. The Hall–Kier alpha value is -2.83. The zero-order valence-electron chi connectivity index (χ0n) is 24.1. The lowest BCUT2D eigenvalue weighted by atomic mass is 9.94. The molecule has 0 fully saturated rings. The Bertz CT molecular complexity index is 927. The second kappa shape index (κ2) is 17.6. The number of esters is 1. The molecule has 2 N–H and O–H groups in total. The summed E-state index contributed by atoms with van der Waals surface area (Å²) < 4.78 is 5.06. The van der Waals surface area contributed by atoms with Gasteiger partial charge in [0.05, 0.1) is 18.7 Å². The van der Waals surface area contributed by atoms with Crippen LogP contribution in [0.25, 0.3) is 0 Å².